The Balaban J connectivity index is 1.85. The maximum absolute atomic E-state index is 12.0. The minimum Gasteiger partial charge on any atom is -0.496 e. The standard InChI is InChI=1S/C16H14N2O3S/c1-10-3-4-14(20-2)12(7-10)13-9-22-16(17-13)18-15(19)11-5-6-21-8-11/h3-9H,1-2H3,(H,17,18,19). The number of anilines is 1. The number of nitrogens with one attached hydrogen (secondary N) is 1. The average molecular weight is 314 g/mol. The maximum atomic E-state index is 12.0. The van der Waals surface area contributed by atoms with Gasteiger partial charge in [0.15, 0.2) is 5.13 Å². The number of amides is 1. The van der Waals surface area contributed by atoms with Gasteiger partial charge in [-0.2, -0.15) is 0 Å². The number of aryl methyl sites for hydroxylation is 1. The molecule has 0 atom stereocenters. The van der Waals surface area contributed by atoms with Gasteiger partial charge in [-0.15, -0.1) is 11.3 Å². The third-order valence-corrected chi connectivity index (χ3v) is 3.90. The lowest BCUT2D eigenvalue weighted by atomic mass is 10.1. The molecule has 3 aromatic rings. The van der Waals surface area contributed by atoms with Crippen molar-refractivity contribution in [2.24, 2.45) is 0 Å². The highest BCUT2D eigenvalue weighted by molar-refractivity contribution is 7.14. The zero-order chi connectivity index (χ0) is 15.5. The van der Waals surface area contributed by atoms with Crippen LogP contribution < -0.4 is 10.1 Å². The Morgan fingerprint density at radius 1 is 1.36 bits per heavy atom. The van der Waals surface area contributed by atoms with Gasteiger partial charge >= 0.3 is 0 Å². The number of nitrogens with zero attached hydrogens (tertiary/aromatic N) is 1. The second-order valence-electron chi connectivity index (χ2n) is 4.71. The first-order valence-electron chi connectivity index (χ1n) is 6.61. The number of furan rings is 1. The van der Waals surface area contributed by atoms with Crippen LogP contribution >= 0.6 is 11.3 Å². The van der Waals surface area contributed by atoms with Gasteiger partial charge in [0.1, 0.15) is 12.0 Å². The topological polar surface area (TPSA) is 64.4 Å². The quantitative estimate of drug-likeness (QED) is 0.791. The van der Waals surface area contributed by atoms with Crippen LogP contribution in [0.2, 0.25) is 0 Å². The summed E-state index contributed by atoms with van der Waals surface area (Å²) < 4.78 is 10.3. The molecule has 0 aliphatic carbocycles. The predicted octanol–water partition coefficient (Wildman–Crippen LogP) is 3.97. The lowest BCUT2D eigenvalue weighted by Gasteiger charge is -2.07. The zero-order valence-corrected chi connectivity index (χ0v) is 12.9. The summed E-state index contributed by atoms with van der Waals surface area (Å²) in [5, 5.41) is 5.18. The Labute approximate surface area is 131 Å². The van der Waals surface area contributed by atoms with E-state index in [0.717, 1.165) is 22.6 Å². The highest BCUT2D eigenvalue weighted by atomic mass is 32.1. The second kappa shape index (κ2) is 6.03. The minimum atomic E-state index is -0.245. The fourth-order valence-electron chi connectivity index (χ4n) is 2.04. The number of carbonyl (C=O) groups excluding carboxylic acids is 1. The molecule has 22 heavy (non-hydrogen) atoms. The Morgan fingerprint density at radius 3 is 2.95 bits per heavy atom. The lowest BCUT2D eigenvalue weighted by Crippen LogP contribution is -2.10. The lowest BCUT2D eigenvalue weighted by molar-refractivity contribution is 0.102. The number of ether oxygens (including phenoxy) is 1. The molecule has 1 amide bonds. The second-order valence-corrected chi connectivity index (χ2v) is 5.57. The van der Waals surface area contributed by atoms with Crippen molar-refractivity contribution in [3.8, 4) is 17.0 Å². The van der Waals surface area contributed by atoms with Gasteiger partial charge in [-0.25, -0.2) is 4.98 Å². The molecule has 1 N–H and O–H groups in total. The van der Waals surface area contributed by atoms with E-state index in [1.807, 2.05) is 30.5 Å². The van der Waals surface area contributed by atoms with Crippen molar-refractivity contribution in [1.29, 1.82) is 0 Å². The third-order valence-electron chi connectivity index (χ3n) is 3.14. The van der Waals surface area contributed by atoms with Gasteiger partial charge in [0.05, 0.1) is 24.6 Å². The Kier molecular flexibility index (Phi) is 3.93. The highest BCUT2D eigenvalue weighted by Gasteiger charge is 2.13. The molecule has 0 aliphatic heterocycles. The van der Waals surface area contributed by atoms with Gasteiger partial charge in [-0.3, -0.25) is 10.1 Å². The summed E-state index contributed by atoms with van der Waals surface area (Å²) in [7, 11) is 1.63. The van der Waals surface area contributed by atoms with Crippen LogP contribution in [0.15, 0.2) is 46.6 Å². The van der Waals surface area contributed by atoms with E-state index in [1.54, 1.807) is 13.2 Å². The number of carbonyl (C=O) groups is 1. The molecule has 0 saturated carbocycles. The van der Waals surface area contributed by atoms with Gasteiger partial charge in [-0.05, 0) is 25.1 Å². The summed E-state index contributed by atoms with van der Waals surface area (Å²) in [5.74, 6) is 0.509. The molecule has 2 aromatic heterocycles. The molecule has 1 aromatic carbocycles. The average Bonchev–Trinajstić information content (AvgIpc) is 3.18. The molecule has 0 radical (unpaired) electrons. The van der Waals surface area contributed by atoms with Crippen molar-refractivity contribution in [1.82, 2.24) is 4.98 Å². The molecule has 2 heterocycles. The number of methoxy groups -OCH3 is 1. The highest BCUT2D eigenvalue weighted by Crippen LogP contribution is 2.33. The first-order valence-corrected chi connectivity index (χ1v) is 7.49. The van der Waals surface area contributed by atoms with Crippen LogP contribution in [-0.2, 0) is 0 Å². The summed E-state index contributed by atoms with van der Waals surface area (Å²) in [6.45, 7) is 2.01. The molecule has 0 spiro atoms. The summed E-state index contributed by atoms with van der Waals surface area (Å²) in [6.07, 6.45) is 2.85. The van der Waals surface area contributed by atoms with Gasteiger partial charge in [-0.1, -0.05) is 11.6 Å². The van der Waals surface area contributed by atoms with E-state index in [-0.39, 0.29) is 5.91 Å². The smallest absolute Gasteiger partial charge is 0.260 e. The summed E-state index contributed by atoms with van der Waals surface area (Å²) in [5.41, 5.74) is 3.26. The predicted molar refractivity (Wildman–Crippen MR) is 85.5 cm³/mol. The molecule has 0 bridgehead atoms. The van der Waals surface area contributed by atoms with E-state index in [0.29, 0.717) is 10.7 Å². The third kappa shape index (κ3) is 2.87. The zero-order valence-electron chi connectivity index (χ0n) is 12.1. The van der Waals surface area contributed by atoms with Crippen molar-refractivity contribution in [2.75, 3.05) is 12.4 Å². The molecule has 0 unspecified atom stereocenters. The van der Waals surface area contributed by atoms with Crippen molar-refractivity contribution < 1.29 is 13.9 Å². The number of hydrogen-bond acceptors (Lipinski definition) is 5. The molecule has 3 rings (SSSR count). The van der Waals surface area contributed by atoms with Crippen molar-refractivity contribution >= 4 is 22.4 Å². The molecule has 5 nitrogen and oxygen atoms in total. The van der Waals surface area contributed by atoms with Crippen LogP contribution in [0.25, 0.3) is 11.3 Å². The largest absolute Gasteiger partial charge is 0.496 e. The molecule has 0 aliphatic rings. The Hall–Kier alpha value is -2.60. The van der Waals surface area contributed by atoms with E-state index in [9.17, 15) is 4.79 Å². The van der Waals surface area contributed by atoms with Crippen LogP contribution in [0, 0.1) is 6.92 Å². The monoisotopic (exact) mass is 314 g/mol. The van der Waals surface area contributed by atoms with Gasteiger partial charge in [0, 0.05) is 10.9 Å². The fourth-order valence-corrected chi connectivity index (χ4v) is 2.75. The van der Waals surface area contributed by atoms with Crippen molar-refractivity contribution in [3.63, 3.8) is 0 Å². The number of hydrogen-bond donors (Lipinski definition) is 1. The first-order chi connectivity index (χ1) is 10.7. The van der Waals surface area contributed by atoms with E-state index in [2.05, 4.69) is 10.3 Å². The summed E-state index contributed by atoms with van der Waals surface area (Å²) >= 11 is 1.37. The maximum Gasteiger partial charge on any atom is 0.260 e. The van der Waals surface area contributed by atoms with Gasteiger partial charge in [0.2, 0.25) is 0 Å². The Bertz CT molecular complexity index is 794. The van der Waals surface area contributed by atoms with E-state index >= 15 is 0 Å². The first kappa shape index (κ1) is 14.3. The molecule has 0 saturated heterocycles. The SMILES string of the molecule is COc1ccc(C)cc1-c1csc(NC(=O)c2ccoc2)n1. The van der Waals surface area contributed by atoms with E-state index < -0.39 is 0 Å². The van der Waals surface area contributed by atoms with Crippen LogP contribution in [0.4, 0.5) is 5.13 Å². The molecule has 112 valence electrons. The van der Waals surface area contributed by atoms with Gasteiger partial charge in [0.25, 0.3) is 5.91 Å². The number of benzene rings is 1. The number of aromatic nitrogens is 1. The fraction of sp³-hybridized carbons (Fsp3) is 0.125. The van der Waals surface area contributed by atoms with Gasteiger partial charge < -0.3 is 9.15 Å². The molecular formula is C16H14N2O3S. The van der Waals surface area contributed by atoms with E-state index in [1.165, 1.54) is 23.9 Å². The molecular weight excluding hydrogens is 300 g/mol. The van der Waals surface area contributed by atoms with Crippen LogP contribution in [-0.4, -0.2) is 18.0 Å². The number of rotatable bonds is 4. The Morgan fingerprint density at radius 2 is 2.23 bits per heavy atom. The van der Waals surface area contributed by atoms with Crippen molar-refractivity contribution in [2.45, 2.75) is 6.92 Å². The van der Waals surface area contributed by atoms with Crippen molar-refractivity contribution in [3.05, 3.63) is 53.3 Å². The molecule has 6 heteroatoms. The van der Waals surface area contributed by atoms with Crippen LogP contribution in [0.5, 0.6) is 5.75 Å². The minimum absolute atomic E-state index is 0.245. The van der Waals surface area contributed by atoms with E-state index in [4.69, 9.17) is 9.15 Å². The normalized spacial score (nSPS) is 10.5. The van der Waals surface area contributed by atoms with Crippen LogP contribution in [0.3, 0.4) is 0 Å². The number of thiazole rings is 1. The van der Waals surface area contributed by atoms with Crippen LogP contribution in [0.1, 0.15) is 15.9 Å². The summed E-state index contributed by atoms with van der Waals surface area (Å²) in [4.78, 5) is 16.4. The summed E-state index contributed by atoms with van der Waals surface area (Å²) in [6, 6.07) is 7.51. The molecule has 0 fully saturated rings.